The van der Waals surface area contributed by atoms with Crippen molar-refractivity contribution >= 4 is 27.7 Å². The van der Waals surface area contributed by atoms with Crippen molar-refractivity contribution in [3.8, 4) is 11.4 Å². The molecule has 7 nitrogen and oxygen atoms in total. The van der Waals surface area contributed by atoms with Crippen LogP contribution in [0.1, 0.15) is 20.8 Å². The minimum absolute atomic E-state index is 0.243. The van der Waals surface area contributed by atoms with Gasteiger partial charge < -0.3 is 5.11 Å². The van der Waals surface area contributed by atoms with Crippen LogP contribution in [0.3, 0.4) is 0 Å². The average Bonchev–Trinajstić information content (AvgIpc) is 3.02. The van der Waals surface area contributed by atoms with Crippen molar-refractivity contribution in [1.29, 1.82) is 0 Å². The number of benzene rings is 2. The summed E-state index contributed by atoms with van der Waals surface area (Å²) in [6.45, 7) is 0. The van der Waals surface area contributed by atoms with E-state index in [1.165, 1.54) is 23.0 Å². The summed E-state index contributed by atoms with van der Waals surface area (Å²) in [6, 6.07) is 12.7. The third-order valence-electron chi connectivity index (χ3n) is 3.40. The Kier molecular flexibility index (Phi) is 4.99. The average molecular weight is 419 g/mol. The summed E-state index contributed by atoms with van der Waals surface area (Å²) in [6.07, 6.45) is 1.26. The summed E-state index contributed by atoms with van der Waals surface area (Å²) in [4.78, 5) is 24.1. The number of amides is 2. The van der Waals surface area contributed by atoms with Crippen LogP contribution in [0, 0.1) is 5.82 Å². The number of carbonyl (C=O) groups excluding carboxylic acids is 2. The molecule has 0 saturated carbocycles. The Morgan fingerprint density at radius 3 is 2.46 bits per heavy atom. The number of aromatic nitrogens is 2. The summed E-state index contributed by atoms with van der Waals surface area (Å²) in [5.74, 6) is -2.80. The topological polar surface area (TPSA) is 96.3 Å². The van der Waals surface area contributed by atoms with Gasteiger partial charge in [-0.05, 0) is 30.3 Å². The minimum atomic E-state index is -0.844. The zero-order chi connectivity index (χ0) is 18.7. The Hall–Kier alpha value is -3.20. The van der Waals surface area contributed by atoms with Gasteiger partial charge >= 0.3 is 0 Å². The zero-order valence-electron chi connectivity index (χ0n) is 13.1. The Morgan fingerprint density at radius 1 is 1.08 bits per heavy atom. The van der Waals surface area contributed by atoms with Crippen molar-refractivity contribution < 1.29 is 19.1 Å². The van der Waals surface area contributed by atoms with Crippen LogP contribution >= 0.6 is 15.9 Å². The van der Waals surface area contributed by atoms with Gasteiger partial charge in [-0.25, -0.2) is 9.07 Å². The van der Waals surface area contributed by atoms with Gasteiger partial charge in [0, 0.05) is 4.47 Å². The summed E-state index contributed by atoms with van der Waals surface area (Å²) in [5, 5.41) is 13.9. The number of rotatable bonds is 3. The molecule has 26 heavy (non-hydrogen) atoms. The third kappa shape index (κ3) is 3.72. The smallest absolute Gasteiger partial charge is 0.294 e. The first-order valence-electron chi connectivity index (χ1n) is 7.35. The molecule has 9 heteroatoms. The molecule has 0 fully saturated rings. The van der Waals surface area contributed by atoms with Crippen molar-refractivity contribution in [3.63, 3.8) is 0 Å². The van der Waals surface area contributed by atoms with Crippen molar-refractivity contribution in [2.45, 2.75) is 0 Å². The lowest BCUT2D eigenvalue weighted by Gasteiger charge is -2.07. The fourth-order valence-corrected chi connectivity index (χ4v) is 2.49. The third-order valence-corrected chi connectivity index (χ3v) is 3.89. The van der Waals surface area contributed by atoms with Gasteiger partial charge in [0.15, 0.2) is 11.4 Å². The number of aromatic hydroxyl groups is 1. The van der Waals surface area contributed by atoms with Crippen molar-refractivity contribution in [3.05, 3.63) is 76.3 Å². The Bertz CT molecular complexity index is 975. The highest BCUT2D eigenvalue weighted by Crippen LogP contribution is 2.18. The first-order chi connectivity index (χ1) is 12.5. The van der Waals surface area contributed by atoms with Crippen LogP contribution in [0.15, 0.2) is 59.2 Å². The lowest BCUT2D eigenvalue weighted by atomic mass is 10.2. The summed E-state index contributed by atoms with van der Waals surface area (Å²) >= 11 is 3.09. The van der Waals surface area contributed by atoms with Crippen LogP contribution in [0.2, 0.25) is 0 Å². The maximum Gasteiger partial charge on any atom is 0.294 e. The van der Waals surface area contributed by atoms with E-state index in [9.17, 15) is 19.1 Å². The van der Waals surface area contributed by atoms with Gasteiger partial charge in [-0.15, -0.1) is 0 Å². The summed E-state index contributed by atoms with van der Waals surface area (Å²) < 4.78 is 15.5. The highest BCUT2D eigenvalue weighted by Gasteiger charge is 2.19. The molecule has 0 aliphatic heterocycles. The Balaban J connectivity index is 1.71. The van der Waals surface area contributed by atoms with E-state index in [2.05, 4.69) is 31.9 Å². The highest BCUT2D eigenvalue weighted by atomic mass is 79.9. The number of halogens is 2. The largest absolute Gasteiger partial charge is 0.504 e. The van der Waals surface area contributed by atoms with Crippen LogP contribution < -0.4 is 10.9 Å². The van der Waals surface area contributed by atoms with Crippen LogP contribution in [-0.2, 0) is 0 Å². The number of hydrogen-bond acceptors (Lipinski definition) is 4. The fraction of sp³-hybridized carbons (Fsp3) is 0. The molecular weight excluding hydrogens is 407 g/mol. The van der Waals surface area contributed by atoms with Gasteiger partial charge in [0.1, 0.15) is 5.82 Å². The van der Waals surface area contributed by atoms with Crippen LogP contribution in [-0.4, -0.2) is 26.7 Å². The second-order valence-corrected chi connectivity index (χ2v) is 6.09. The monoisotopic (exact) mass is 418 g/mol. The second kappa shape index (κ2) is 7.36. The molecule has 0 unspecified atom stereocenters. The molecule has 1 heterocycles. The second-order valence-electron chi connectivity index (χ2n) is 5.18. The molecule has 0 spiro atoms. The van der Waals surface area contributed by atoms with E-state index in [1.807, 2.05) is 6.07 Å². The van der Waals surface area contributed by atoms with Crippen LogP contribution in [0.25, 0.3) is 5.69 Å². The van der Waals surface area contributed by atoms with Gasteiger partial charge in [-0.2, -0.15) is 5.10 Å². The first-order valence-corrected chi connectivity index (χ1v) is 8.15. The molecule has 3 rings (SSSR count). The van der Waals surface area contributed by atoms with E-state index < -0.39 is 17.6 Å². The fourth-order valence-electron chi connectivity index (χ4n) is 2.15. The molecule has 0 atom stereocenters. The quantitative estimate of drug-likeness (QED) is 0.569. The van der Waals surface area contributed by atoms with Crippen molar-refractivity contribution in [1.82, 2.24) is 20.6 Å². The van der Waals surface area contributed by atoms with Gasteiger partial charge in [-0.3, -0.25) is 20.4 Å². The van der Waals surface area contributed by atoms with Gasteiger partial charge in [0.25, 0.3) is 11.8 Å². The molecule has 3 N–H and O–H groups in total. The predicted octanol–water partition coefficient (Wildman–Crippen LogP) is 2.55. The molecule has 2 amide bonds. The molecule has 0 bridgehead atoms. The van der Waals surface area contributed by atoms with Gasteiger partial charge in [0.2, 0.25) is 0 Å². The summed E-state index contributed by atoms with van der Waals surface area (Å²) in [7, 11) is 0. The lowest BCUT2D eigenvalue weighted by Crippen LogP contribution is -2.42. The molecule has 2 aromatic carbocycles. The van der Waals surface area contributed by atoms with Gasteiger partial charge in [0.05, 0.1) is 17.4 Å². The van der Waals surface area contributed by atoms with Crippen molar-refractivity contribution in [2.75, 3.05) is 0 Å². The number of hydrazine groups is 1. The van der Waals surface area contributed by atoms with E-state index in [-0.39, 0.29) is 17.0 Å². The van der Waals surface area contributed by atoms with E-state index in [4.69, 9.17) is 0 Å². The first kappa shape index (κ1) is 17.6. The molecule has 132 valence electrons. The van der Waals surface area contributed by atoms with E-state index in [0.29, 0.717) is 10.2 Å². The van der Waals surface area contributed by atoms with Crippen molar-refractivity contribution in [2.24, 2.45) is 0 Å². The SMILES string of the molecule is O=C(NNC(=O)c1nn(-c2ccccc2)cc1O)c1ccc(Br)cc1F. The Morgan fingerprint density at radius 2 is 1.77 bits per heavy atom. The number of para-hydroxylation sites is 1. The van der Waals surface area contributed by atoms with E-state index >= 15 is 0 Å². The standard InChI is InChI=1S/C17H12BrFN4O3/c18-10-6-7-12(13(19)8-10)16(25)20-21-17(26)15-14(24)9-23(22-15)11-4-2-1-3-5-11/h1-9,24H,(H,20,25)(H,21,26). The summed E-state index contributed by atoms with van der Waals surface area (Å²) in [5.41, 5.74) is 4.28. The molecule has 0 saturated heterocycles. The molecule has 3 aromatic rings. The van der Waals surface area contributed by atoms with Gasteiger partial charge in [-0.1, -0.05) is 34.1 Å². The molecule has 0 aliphatic carbocycles. The number of nitrogens with one attached hydrogen (secondary N) is 2. The number of carbonyl (C=O) groups is 2. The highest BCUT2D eigenvalue weighted by molar-refractivity contribution is 9.10. The molecule has 1 aromatic heterocycles. The predicted molar refractivity (Wildman–Crippen MR) is 94.3 cm³/mol. The lowest BCUT2D eigenvalue weighted by molar-refractivity contribution is 0.0839. The minimum Gasteiger partial charge on any atom is -0.504 e. The number of nitrogens with zero attached hydrogens (tertiary/aromatic N) is 2. The Labute approximate surface area is 155 Å². The maximum atomic E-state index is 13.7. The zero-order valence-corrected chi connectivity index (χ0v) is 14.7. The molecule has 0 aliphatic rings. The maximum absolute atomic E-state index is 13.7. The normalized spacial score (nSPS) is 10.4. The molecular formula is C17H12BrFN4O3. The van der Waals surface area contributed by atoms with Crippen LogP contribution in [0.5, 0.6) is 5.75 Å². The van der Waals surface area contributed by atoms with Crippen LogP contribution in [0.4, 0.5) is 4.39 Å². The molecule has 0 radical (unpaired) electrons. The number of hydrogen-bond donors (Lipinski definition) is 3. The van der Waals surface area contributed by atoms with E-state index in [1.54, 1.807) is 24.3 Å². The van der Waals surface area contributed by atoms with E-state index in [0.717, 1.165) is 6.07 Å².